The molecule has 5 heteroatoms. The number of aliphatic carboxylic acids is 1. The maximum Gasteiger partial charge on any atom is 0.315 e. The Hall–Kier alpha value is -1.26. The molecule has 2 amide bonds. The first-order valence-electron chi connectivity index (χ1n) is 6.93. The molecule has 0 saturated heterocycles. The van der Waals surface area contributed by atoms with Crippen LogP contribution < -0.4 is 10.6 Å². The van der Waals surface area contributed by atoms with Crippen LogP contribution in [0.4, 0.5) is 4.79 Å². The number of carbonyl (C=O) groups excluding carboxylic acids is 1. The fourth-order valence-corrected chi connectivity index (χ4v) is 2.97. The van der Waals surface area contributed by atoms with Crippen LogP contribution in [-0.4, -0.2) is 29.7 Å². The van der Waals surface area contributed by atoms with Crippen molar-refractivity contribution in [2.45, 2.75) is 51.0 Å². The number of hydrogen-bond acceptors (Lipinski definition) is 2. The van der Waals surface area contributed by atoms with Gasteiger partial charge in [-0.1, -0.05) is 32.1 Å². The summed E-state index contributed by atoms with van der Waals surface area (Å²) in [7, 11) is 0. The normalized spacial score (nSPS) is 27.6. The van der Waals surface area contributed by atoms with Crippen molar-refractivity contribution in [3.63, 3.8) is 0 Å². The number of nitrogens with one attached hydrogen (secondary N) is 2. The van der Waals surface area contributed by atoms with Crippen molar-refractivity contribution < 1.29 is 14.7 Å². The largest absolute Gasteiger partial charge is 0.481 e. The minimum absolute atomic E-state index is 0.0237. The lowest BCUT2D eigenvalue weighted by Gasteiger charge is -2.21. The quantitative estimate of drug-likeness (QED) is 0.699. The number of carboxylic acids is 1. The van der Waals surface area contributed by atoms with E-state index in [9.17, 15) is 9.59 Å². The molecule has 5 nitrogen and oxygen atoms in total. The second-order valence-electron chi connectivity index (χ2n) is 5.45. The lowest BCUT2D eigenvalue weighted by Crippen LogP contribution is -2.38. The summed E-state index contributed by atoms with van der Waals surface area (Å²) in [4.78, 5) is 21.8. The summed E-state index contributed by atoms with van der Waals surface area (Å²) in [6.45, 7) is 0.196. The highest BCUT2D eigenvalue weighted by atomic mass is 16.4. The Morgan fingerprint density at radius 3 is 2.56 bits per heavy atom. The smallest absolute Gasteiger partial charge is 0.315 e. The Morgan fingerprint density at radius 2 is 1.89 bits per heavy atom. The minimum atomic E-state index is -0.887. The van der Waals surface area contributed by atoms with Gasteiger partial charge in [-0.3, -0.25) is 4.79 Å². The third kappa shape index (κ3) is 3.89. The van der Waals surface area contributed by atoms with Crippen molar-refractivity contribution in [2.75, 3.05) is 6.54 Å². The molecule has 0 aromatic rings. The molecule has 0 radical (unpaired) electrons. The summed E-state index contributed by atoms with van der Waals surface area (Å²) in [6, 6.07) is 0.0949. The number of carbonyl (C=O) groups is 2. The third-order valence-corrected chi connectivity index (χ3v) is 4.04. The van der Waals surface area contributed by atoms with Crippen LogP contribution in [0.5, 0.6) is 0 Å². The van der Waals surface area contributed by atoms with Crippen LogP contribution in [0.2, 0.25) is 0 Å². The minimum Gasteiger partial charge on any atom is -0.481 e. The summed E-state index contributed by atoms with van der Waals surface area (Å²) in [5, 5.41) is 14.0. The summed E-state index contributed by atoms with van der Waals surface area (Å²) in [5.41, 5.74) is 0. The van der Waals surface area contributed by atoms with Crippen LogP contribution in [0, 0.1) is 11.8 Å². The van der Waals surface area contributed by atoms with E-state index in [4.69, 9.17) is 5.11 Å². The zero-order valence-electron chi connectivity index (χ0n) is 10.7. The van der Waals surface area contributed by atoms with Crippen molar-refractivity contribution in [3.05, 3.63) is 0 Å². The molecule has 3 N–H and O–H groups in total. The van der Waals surface area contributed by atoms with Gasteiger partial charge in [0.15, 0.2) is 0 Å². The van der Waals surface area contributed by atoms with Gasteiger partial charge in [0.05, 0.1) is 6.42 Å². The summed E-state index contributed by atoms with van der Waals surface area (Å²) >= 11 is 0. The van der Waals surface area contributed by atoms with Gasteiger partial charge in [0.25, 0.3) is 0 Å². The van der Waals surface area contributed by atoms with E-state index in [2.05, 4.69) is 10.6 Å². The summed E-state index contributed by atoms with van der Waals surface area (Å²) < 4.78 is 0. The molecule has 2 rings (SSSR count). The SMILES string of the molecule is O=C(O)CCNC(=O)N[C@@H]1C[C@H]1C1CCCCC1. The first kappa shape index (κ1) is 13.2. The van der Waals surface area contributed by atoms with Crippen LogP contribution in [0.15, 0.2) is 0 Å². The number of amides is 2. The molecule has 0 aromatic heterocycles. The second kappa shape index (κ2) is 6.07. The molecule has 18 heavy (non-hydrogen) atoms. The van der Waals surface area contributed by atoms with Crippen molar-refractivity contribution >= 4 is 12.0 Å². The number of hydrogen-bond donors (Lipinski definition) is 3. The van der Waals surface area contributed by atoms with Crippen LogP contribution in [-0.2, 0) is 4.79 Å². The average molecular weight is 254 g/mol. The van der Waals surface area contributed by atoms with Gasteiger partial charge in [-0.2, -0.15) is 0 Å². The molecule has 2 saturated carbocycles. The Kier molecular flexibility index (Phi) is 4.44. The van der Waals surface area contributed by atoms with Crippen molar-refractivity contribution in [3.8, 4) is 0 Å². The predicted molar refractivity (Wildman–Crippen MR) is 67.3 cm³/mol. The fraction of sp³-hybridized carbons (Fsp3) is 0.846. The van der Waals surface area contributed by atoms with Gasteiger partial charge in [0.1, 0.15) is 0 Å². The van der Waals surface area contributed by atoms with Gasteiger partial charge in [0, 0.05) is 12.6 Å². The Labute approximate surface area is 107 Å². The molecule has 0 spiro atoms. The van der Waals surface area contributed by atoms with Crippen molar-refractivity contribution in [2.24, 2.45) is 11.8 Å². The van der Waals surface area contributed by atoms with Crippen LogP contribution in [0.1, 0.15) is 44.9 Å². The number of carboxylic acid groups (broad SMARTS) is 1. The molecule has 2 aliphatic rings. The maximum absolute atomic E-state index is 11.5. The lowest BCUT2D eigenvalue weighted by atomic mass is 9.85. The van der Waals surface area contributed by atoms with Gasteiger partial charge in [0.2, 0.25) is 0 Å². The average Bonchev–Trinajstić information content (AvgIpc) is 3.09. The Balaban J connectivity index is 1.60. The Bertz CT molecular complexity index is 313. The van der Waals surface area contributed by atoms with E-state index in [1.54, 1.807) is 0 Å². The van der Waals surface area contributed by atoms with Gasteiger partial charge in [-0.15, -0.1) is 0 Å². The molecule has 102 valence electrons. The molecule has 2 aliphatic carbocycles. The molecule has 0 unspecified atom stereocenters. The predicted octanol–water partition coefficient (Wildman–Crippen LogP) is 1.73. The van der Waals surface area contributed by atoms with Gasteiger partial charge in [-0.25, -0.2) is 4.79 Å². The molecule has 0 heterocycles. The monoisotopic (exact) mass is 254 g/mol. The fourth-order valence-electron chi connectivity index (χ4n) is 2.97. The van der Waals surface area contributed by atoms with E-state index >= 15 is 0 Å². The highest BCUT2D eigenvalue weighted by Gasteiger charge is 2.43. The third-order valence-electron chi connectivity index (χ3n) is 4.04. The Morgan fingerprint density at radius 1 is 1.17 bits per heavy atom. The van der Waals surface area contributed by atoms with Crippen molar-refractivity contribution in [1.82, 2.24) is 10.6 Å². The molecular weight excluding hydrogens is 232 g/mol. The van der Waals surface area contributed by atoms with Gasteiger partial charge in [-0.05, 0) is 18.3 Å². The second-order valence-corrected chi connectivity index (χ2v) is 5.45. The number of rotatable bonds is 5. The molecule has 0 aliphatic heterocycles. The van der Waals surface area contributed by atoms with E-state index in [1.165, 1.54) is 32.1 Å². The summed E-state index contributed by atoms with van der Waals surface area (Å²) in [6.07, 6.45) is 7.71. The molecule has 2 atom stereocenters. The molecule has 2 fully saturated rings. The molecular formula is C13H22N2O3. The van der Waals surface area contributed by atoms with E-state index in [0.717, 1.165) is 12.3 Å². The van der Waals surface area contributed by atoms with E-state index in [-0.39, 0.29) is 19.0 Å². The lowest BCUT2D eigenvalue weighted by molar-refractivity contribution is -0.136. The van der Waals surface area contributed by atoms with Crippen molar-refractivity contribution in [1.29, 1.82) is 0 Å². The zero-order valence-corrected chi connectivity index (χ0v) is 10.7. The van der Waals surface area contributed by atoms with E-state index in [1.807, 2.05) is 0 Å². The topological polar surface area (TPSA) is 78.4 Å². The molecule has 0 bridgehead atoms. The summed E-state index contributed by atoms with van der Waals surface area (Å²) in [5.74, 6) is 0.570. The van der Waals surface area contributed by atoms with Crippen LogP contribution >= 0.6 is 0 Å². The highest BCUT2D eigenvalue weighted by Crippen LogP contribution is 2.44. The number of urea groups is 1. The van der Waals surface area contributed by atoms with Gasteiger partial charge < -0.3 is 15.7 Å². The maximum atomic E-state index is 11.5. The van der Waals surface area contributed by atoms with Gasteiger partial charge >= 0.3 is 12.0 Å². The van der Waals surface area contributed by atoms with E-state index in [0.29, 0.717) is 12.0 Å². The first-order chi connectivity index (χ1) is 8.66. The zero-order chi connectivity index (χ0) is 13.0. The first-order valence-corrected chi connectivity index (χ1v) is 6.93. The van der Waals surface area contributed by atoms with Crippen LogP contribution in [0.25, 0.3) is 0 Å². The van der Waals surface area contributed by atoms with E-state index < -0.39 is 5.97 Å². The molecule has 0 aromatic carbocycles. The highest BCUT2D eigenvalue weighted by molar-refractivity contribution is 5.75. The standard InChI is InChI=1S/C13H22N2O3/c16-12(17)6-7-14-13(18)15-11-8-10(11)9-4-2-1-3-5-9/h9-11H,1-8H2,(H,16,17)(H2,14,15,18)/t10-,11+/m0/s1. The van der Waals surface area contributed by atoms with Crippen LogP contribution in [0.3, 0.4) is 0 Å².